The van der Waals surface area contributed by atoms with E-state index in [1.165, 1.54) is 9.91 Å². The Morgan fingerprint density at radius 3 is 2.36 bits per heavy atom. The fourth-order valence-corrected chi connectivity index (χ4v) is 4.88. The van der Waals surface area contributed by atoms with Crippen molar-refractivity contribution >= 4 is 29.4 Å². The number of rotatable bonds is 10. The SMILES string of the molecule is CN1N=C2CCN(C(=O)C(COCc3ccccc3)NC(=O)C(C)(N)C(=O)O)CC2(Cc2ccccc2)C1=O. The molecule has 11 nitrogen and oxygen atoms in total. The van der Waals surface area contributed by atoms with Crippen molar-refractivity contribution in [2.24, 2.45) is 16.3 Å². The number of fused-ring (bicyclic) bond motifs is 1. The van der Waals surface area contributed by atoms with Gasteiger partial charge in [-0.05, 0) is 24.5 Å². The van der Waals surface area contributed by atoms with Crippen LogP contribution in [-0.4, -0.2) is 82.7 Å². The summed E-state index contributed by atoms with van der Waals surface area (Å²) in [5.41, 5.74) is 4.94. The number of carbonyl (C=O) groups excluding carboxylic acids is 3. The summed E-state index contributed by atoms with van der Waals surface area (Å²) in [6.07, 6.45) is 0.741. The normalized spacial score (nSPS) is 21.0. The third-order valence-corrected chi connectivity index (χ3v) is 7.18. The third kappa shape index (κ3) is 5.84. The first-order valence-corrected chi connectivity index (χ1v) is 12.7. The van der Waals surface area contributed by atoms with Gasteiger partial charge in [0.25, 0.3) is 11.8 Å². The second-order valence-electron chi connectivity index (χ2n) is 10.2. The molecule has 1 fully saturated rings. The van der Waals surface area contributed by atoms with E-state index in [-0.39, 0.29) is 32.2 Å². The average molecular weight is 536 g/mol. The van der Waals surface area contributed by atoms with E-state index >= 15 is 0 Å². The molecule has 3 atom stereocenters. The second-order valence-corrected chi connectivity index (χ2v) is 10.2. The number of carboxylic acid groups (broad SMARTS) is 1. The zero-order chi connectivity index (χ0) is 28.2. The molecule has 3 unspecified atom stereocenters. The lowest BCUT2D eigenvalue weighted by molar-refractivity contribution is -0.151. The fraction of sp³-hybridized carbons (Fsp3) is 0.393. The van der Waals surface area contributed by atoms with E-state index in [0.29, 0.717) is 18.6 Å². The molecular weight excluding hydrogens is 502 g/mol. The number of carbonyl (C=O) groups is 4. The molecule has 0 aliphatic carbocycles. The first-order chi connectivity index (χ1) is 18.5. The van der Waals surface area contributed by atoms with E-state index < -0.39 is 34.8 Å². The van der Waals surface area contributed by atoms with Crippen LogP contribution in [0.4, 0.5) is 0 Å². The minimum atomic E-state index is -2.25. The number of hydrogen-bond acceptors (Lipinski definition) is 7. The Labute approximate surface area is 226 Å². The Morgan fingerprint density at radius 1 is 1.13 bits per heavy atom. The first kappa shape index (κ1) is 27.9. The molecule has 2 aromatic rings. The number of amides is 3. The molecule has 0 radical (unpaired) electrons. The number of likely N-dealkylation sites (tertiary alicyclic amines) is 1. The van der Waals surface area contributed by atoms with Crippen molar-refractivity contribution in [2.75, 3.05) is 26.7 Å². The average Bonchev–Trinajstić information content (AvgIpc) is 3.17. The second kappa shape index (κ2) is 11.3. The standard InChI is InChI=1S/C28H33N5O6/c1-27(29,26(37)38)24(35)30-21(17-39-16-20-11-7-4-8-12-20)23(34)33-14-13-22-28(18-33,25(36)32(2)31-22)15-19-9-5-3-6-10-19/h3-12,21H,13-18,29H2,1-2H3,(H,30,35)(H,37,38). The number of hydrazone groups is 1. The van der Waals surface area contributed by atoms with Crippen LogP contribution in [0.5, 0.6) is 0 Å². The van der Waals surface area contributed by atoms with Crippen molar-refractivity contribution in [1.82, 2.24) is 15.2 Å². The number of nitrogens with two attached hydrogens (primary N) is 1. The van der Waals surface area contributed by atoms with E-state index in [2.05, 4.69) is 10.4 Å². The van der Waals surface area contributed by atoms with Crippen molar-refractivity contribution < 1.29 is 29.0 Å². The highest BCUT2D eigenvalue weighted by Crippen LogP contribution is 2.38. The molecule has 2 heterocycles. The maximum absolute atomic E-state index is 13.8. The van der Waals surface area contributed by atoms with Gasteiger partial charge in [-0.1, -0.05) is 60.7 Å². The van der Waals surface area contributed by atoms with E-state index in [1.54, 1.807) is 7.05 Å². The molecule has 0 spiro atoms. The van der Waals surface area contributed by atoms with E-state index in [1.807, 2.05) is 60.7 Å². The molecule has 0 saturated carbocycles. The summed E-state index contributed by atoms with van der Waals surface area (Å²) in [7, 11) is 1.60. The van der Waals surface area contributed by atoms with Crippen LogP contribution < -0.4 is 11.1 Å². The van der Waals surface area contributed by atoms with Crippen LogP contribution in [0.1, 0.15) is 24.5 Å². The van der Waals surface area contributed by atoms with Crippen molar-refractivity contribution in [3.63, 3.8) is 0 Å². The molecule has 2 aliphatic heterocycles. The molecule has 4 N–H and O–H groups in total. The van der Waals surface area contributed by atoms with Crippen LogP contribution in [0.15, 0.2) is 65.8 Å². The number of piperidine rings is 1. The summed E-state index contributed by atoms with van der Waals surface area (Å²) in [6, 6.07) is 17.6. The summed E-state index contributed by atoms with van der Waals surface area (Å²) >= 11 is 0. The zero-order valence-corrected chi connectivity index (χ0v) is 22.0. The van der Waals surface area contributed by atoms with Gasteiger partial charge in [-0.15, -0.1) is 0 Å². The molecule has 4 rings (SSSR count). The molecule has 1 saturated heterocycles. The lowest BCUT2D eigenvalue weighted by Crippen LogP contribution is -2.64. The summed E-state index contributed by atoms with van der Waals surface area (Å²) in [4.78, 5) is 53.1. The zero-order valence-electron chi connectivity index (χ0n) is 22.0. The Hall–Kier alpha value is -4.09. The predicted octanol–water partition coefficient (Wildman–Crippen LogP) is 0.779. The van der Waals surface area contributed by atoms with E-state index in [4.69, 9.17) is 10.5 Å². The molecule has 2 aliphatic rings. The topological polar surface area (TPSA) is 155 Å². The molecule has 3 amide bonds. The molecule has 2 aromatic carbocycles. The molecule has 0 aromatic heterocycles. The quantitative estimate of drug-likeness (QED) is 0.380. The maximum Gasteiger partial charge on any atom is 0.333 e. The van der Waals surface area contributed by atoms with Gasteiger partial charge in [0.05, 0.1) is 18.9 Å². The Bertz CT molecular complexity index is 1270. The molecular formula is C28H33N5O6. The van der Waals surface area contributed by atoms with Crippen LogP contribution >= 0.6 is 0 Å². The van der Waals surface area contributed by atoms with Crippen molar-refractivity contribution in [1.29, 1.82) is 0 Å². The summed E-state index contributed by atoms with van der Waals surface area (Å²) in [5, 5.41) is 17.7. The number of aliphatic carboxylic acids is 1. The number of ether oxygens (including phenoxy) is 1. The number of carboxylic acids is 1. The first-order valence-electron chi connectivity index (χ1n) is 12.7. The van der Waals surface area contributed by atoms with Crippen molar-refractivity contribution in [3.8, 4) is 0 Å². The van der Waals surface area contributed by atoms with Gasteiger partial charge in [0.15, 0.2) is 5.54 Å². The third-order valence-electron chi connectivity index (χ3n) is 7.18. The van der Waals surface area contributed by atoms with Crippen LogP contribution in [0.3, 0.4) is 0 Å². The Morgan fingerprint density at radius 2 is 1.74 bits per heavy atom. The van der Waals surface area contributed by atoms with Crippen LogP contribution in [0, 0.1) is 5.41 Å². The molecule has 0 bridgehead atoms. The summed E-state index contributed by atoms with van der Waals surface area (Å²) in [6.45, 7) is 1.36. The lowest BCUT2D eigenvalue weighted by Gasteiger charge is -2.40. The van der Waals surface area contributed by atoms with Gasteiger partial charge in [-0.3, -0.25) is 14.4 Å². The van der Waals surface area contributed by atoms with Gasteiger partial charge in [0.1, 0.15) is 11.5 Å². The largest absolute Gasteiger partial charge is 0.479 e. The van der Waals surface area contributed by atoms with Gasteiger partial charge in [0, 0.05) is 26.6 Å². The van der Waals surface area contributed by atoms with Gasteiger partial charge in [0.2, 0.25) is 5.91 Å². The highest BCUT2D eigenvalue weighted by molar-refractivity contribution is 6.14. The van der Waals surface area contributed by atoms with Gasteiger partial charge < -0.3 is 25.8 Å². The van der Waals surface area contributed by atoms with Crippen LogP contribution in [0.2, 0.25) is 0 Å². The van der Waals surface area contributed by atoms with Crippen LogP contribution in [0.25, 0.3) is 0 Å². The number of nitrogens with one attached hydrogen (secondary N) is 1. The number of benzene rings is 2. The van der Waals surface area contributed by atoms with E-state index in [9.17, 15) is 24.3 Å². The van der Waals surface area contributed by atoms with E-state index in [0.717, 1.165) is 18.1 Å². The Kier molecular flexibility index (Phi) is 8.12. The highest BCUT2D eigenvalue weighted by Gasteiger charge is 2.54. The summed E-state index contributed by atoms with van der Waals surface area (Å²) in [5.74, 6) is -3.25. The van der Waals surface area contributed by atoms with Gasteiger partial charge in [-0.25, -0.2) is 9.80 Å². The minimum Gasteiger partial charge on any atom is -0.479 e. The predicted molar refractivity (Wildman–Crippen MR) is 142 cm³/mol. The summed E-state index contributed by atoms with van der Waals surface area (Å²) < 4.78 is 5.76. The van der Waals surface area contributed by atoms with Gasteiger partial charge in [-0.2, -0.15) is 5.10 Å². The molecule has 39 heavy (non-hydrogen) atoms. The monoisotopic (exact) mass is 535 g/mol. The lowest BCUT2D eigenvalue weighted by atomic mass is 9.73. The molecule has 206 valence electrons. The number of hydrogen-bond donors (Lipinski definition) is 3. The molecule has 11 heteroatoms. The maximum atomic E-state index is 13.8. The van der Waals surface area contributed by atoms with Gasteiger partial charge >= 0.3 is 5.97 Å². The minimum absolute atomic E-state index is 0.0621. The highest BCUT2D eigenvalue weighted by atomic mass is 16.5. The van der Waals surface area contributed by atoms with Crippen molar-refractivity contribution in [2.45, 2.75) is 38.0 Å². The smallest absolute Gasteiger partial charge is 0.333 e. The van der Waals surface area contributed by atoms with Crippen LogP contribution in [-0.2, 0) is 36.9 Å². The van der Waals surface area contributed by atoms with Crippen molar-refractivity contribution in [3.05, 3.63) is 71.8 Å². The fourth-order valence-electron chi connectivity index (χ4n) is 4.88. The number of nitrogens with zero attached hydrogens (tertiary/aromatic N) is 3. The Balaban J connectivity index is 1.56.